The zero-order chi connectivity index (χ0) is 17.0. The van der Waals surface area contributed by atoms with E-state index < -0.39 is 10.0 Å². The summed E-state index contributed by atoms with van der Waals surface area (Å²) < 4.78 is 27.3. The average molecular weight is 364 g/mol. The maximum absolute atomic E-state index is 12.9. The van der Waals surface area contributed by atoms with Gasteiger partial charge in [0.25, 0.3) is 0 Å². The van der Waals surface area contributed by atoms with Crippen molar-refractivity contribution in [3.05, 3.63) is 46.7 Å². The normalized spacial score (nSPS) is 16.0. The lowest BCUT2D eigenvalue weighted by Crippen LogP contribution is -2.36. The molecule has 0 spiro atoms. The van der Waals surface area contributed by atoms with Gasteiger partial charge in [0, 0.05) is 18.0 Å². The molecule has 0 bridgehead atoms. The monoisotopic (exact) mass is 364 g/mol. The smallest absolute Gasteiger partial charge is 0.245 e. The van der Waals surface area contributed by atoms with E-state index in [-0.39, 0.29) is 17.2 Å². The summed E-state index contributed by atoms with van der Waals surface area (Å²) in [7, 11) is -3.58. The Labute approximate surface area is 146 Å². The summed E-state index contributed by atoms with van der Waals surface area (Å²) >= 11 is 1.51. The van der Waals surface area contributed by atoms with Crippen LogP contribution < -0.4 is 5.32 Å². The second kappa shape index (κ2) is 7.46. The van der Waals surface area contributed by atoms with E-state index in [9.17, 15) is 13.2 Å². The van der Waals surface area contributed by atoms with Crippen molar-refractivity contribution in [2.24, 2.45) is 0 Å². The molecule has 2 aromatic rings. The lowest BCUT2D eigenvalue weighted by Gasteiger charge is -2.26. The van der Waals surface area contributed by atoms with Crippen LogP contribution in [0.4, 0.5) is 5.69 Å². The molecule has 0 atom stereocenters. The van der Waals surface area contributed by atoms with Crippen LogP contribution in [0.3, 0.4) is 0 Å². The second-order valence-corrected chi connectivity index (χ2v) is 8.70. The number of nitrogens with one attached hydrogen (secondary N) is 1. The Morgan fingerprint density at radius 1 is 1.08 bits per heavy atom. The number of carbonyl (C=O) groups is 1. The Morgan fingerprint density at radius 3 is 2.54 bits per heavy atom. The summed E-state index contributed by atoms with van der Waals surface area (Å²) in [5.74, 6) is -0.209. The van der Waals surface area contributed by atoms with Gasteiger partial charge >= 0.3 is 0 Å². The number of amides is 1. The first-order valence-electron chi connectivity index (χ1n) is 7.99. The first kappa shape index (κ1) is 17.1. The molecule has 1 fully saturated rings. The minimum Gasteiger partial charge on any atom is -0.325 e. The molecule has 1 amide bonds. The van der Waals surface area contributed by atoms with Crippen LogP contribution in [-0.4, -0.2) is 31.7 Å². The fourth-order valence-corrected chi connectivity index (χ4v) is 5.17. The maximum atomic E-state index is 12.9. The average Bonchev–Trinajstić information content (AvgIpc) is 3.09. The number of rotatable bonds is 5. The van der Waals surface area contributed by atoms with E-state index in [4.69, 9.17) is 0 Å². The van der Waals surface area contributed by atoms with Gasteiger partial charge < -0.3 is 5.32 Å². The molecule has 128 valence electrons. The number of hydrogen-bond acceptors (Lipinski definition) is 4. The largest absolute Gasteiger partial charge is 0.325 e. The Kier molecular flexibility index (Phi) is 5.33. The summed E-state index contributed by atoms with van der Waals surface area (Å²) in [5.41, 5.74) is 0.352. The molecular weight excluding hydrogens is 344 g/mol. The number of hydrogen-bond donors (Lipinski definition) is 1. The predicted octanol–water partition coefficient (Wildman–Crippen LogP) is 3.10. The Hall–Kier alpha value is -1.70. The highest BCUT2D eigenvalue weighted by molar-refractivity contribution is 7.89. The standard InChI is InChI=1S/C17H20N2O3S2/c20-17(13-14-7-6-12-23-14)18-15-8-2-3-9-16(15)24(21,22)19-10-4-1-5-11-19/h2-3,6-9,12H,1,4-5,10-11,13H2,(H,18,20). The van der Waals surface area contributed by atoms with Gasteiger partial charge in [-0.2, -0.15) is 4.31 Å². The molecule has 24 heavy (non-hydrogen) atoms. The molecule has 5 nitrogen and oxygen atoms in total. The summed E-state index contributed by atoms with van der Waals surface area (Å²) in [6.45, 7) is 1.08. The molecule has 1 aliphatic rings. The third kappa shape index (κ3) is 3.85. The molecule has 7 heteroatoms. The van der Waals surface area contributed by atoms with Crippen LogP contribution in [0.1, 0.15) is 24.1 Å². The quantitative estimate of drug-likeness (QED) is 0.886. The highest BCUT2D eigenvalue weighted by atomic mass is 32.2. The SMILES string of the molecule is O=C(Cc1cccs1)Nc1ccccc1S(=O)(=O)N1CCCCC1. The van der Waals surface area contributed by atoms with Gasteiger partial charge in [-0.1, -0.05) is 24.6 Å². The van der Waals surface area contributed by atoms with E-state index in [1.54, 1.807) is 24.3 Å². The van der Waals surface area contributed by atoms with Gasteiger partial charge in [0.05, 0.1) is 12.1 Å². The molecule has 1 saturated heterocycles. The van der Waals surface area contributed by atoms with Crippen molar-refractivity contribution in [3.63, 3.8) is 0 Å². The van der Waals surface area contributed by atoms with E-state index in [0.717, 1.165) is 24.1 Å². The lowest BCUT2D eigenvalue weighted by molar-refractivity contribution is -0.115. The minimum absolute atomic E-state index is 0.173. The third-order valence-corrected chi connectivity index (χ3v) is 6.84. The summed E-state index contributed by atoms with van der Waals surface area (Å²) in [6.07, 6.45) is 3.07. The molecule has 1 aromatic heterocycles. The fourth-order valence-electron chi connectivity index (χ4n) is 2.80. The molecule has 1 aromatic carbocycles. The van der Waals surface area contributed by atoms with Crippen molar-refractivity contribution in [2.45, 2.75) is 30.6 Å². The van der Waals surface area contributed by atoms with Crippen LogP contribution >= 0.6 is 11.3 Å². The number of sulfonamides is 1. The summed E-state index contributed by atoms with van der Waals surface area (Å²) in [4.78, 5) is 13.3. The topological polar surface area (TPSA) is 66.5 Å². The van der Waals surface area contributed by atoms with Gasteiger partial charge in [-0.25, -0.2) is 8.42 Å². The highest BCUT2D eigenvalue weighted by Crippen LogP contribution is 2.27. The summed E-state index contributed by atoms with van der Waals surface area (Å²) in [6, 6.07) is 10.4. The number of para-hydroxylation sites is 1. The van der Waals surface area contributed by atoms with E-state index in [0.29, 0.717) is 18.8 Å². The zero-order valence-electron chi connectivity index (χ0n) is 13.3. The van der Waals surface area contributed by atoms with Gasteiger partial charge in [0.15, 0.2) is 0 Å². The van der Waals surface area contributed by atoms with Crippen molar-refractivity contribution in [2.75, 3.05) is 18.4 Å². The minimum atomic E-state index is -3.58. The molecular formula is C17H20N2O3S2. The molecule has 3 rings (SSSR count). The van der Waals surface area contributed by atoms with E-state index >= 15 is 0 Å². The second-order valence-electron chi connectivity index (χ2n) is 5.77. The molecule has 0 saturated carbocycles. The van der Waals surface area contributed by atoms with Crippen LogP contribution in [0.5, 0.6) is 0 Å². The molecule has 1 N–H and O–H groups in total. The van der Waals surface area contributed by atoms with Crippen LogP contribution in [0.2, 0.25) is 0 Å². The zero-order valence-corrected chi connectivity index (χ0v) is 14.9. The Morgan fingerprint density at radius 2 is 1.83 bits per heavy atom. The van der Waals surface area contributed by atoms with Gasteiger partial charge in [-0.15, -0.1) is 11.3 Å². The number of thiophene rings is 1. The molecule has 2 heterocycles. The van der Waals surface area contributed by atoms with Crippen LogP contribution in [0, 0.1) is 0 Å². The number of nitrogens with zero attached hydrogens (tertiary/aromatic N) is 1. The van der Waals surface area contributed by atoms with Gasteiger partial charge in [0.1, 0.15) is 4.90 Å². The molecule has 1 aliphatic heterocycles. The first-order chi connectivity index (χ1) is 11.6. The van der Waals surface area contributed by atoms with Crippen LogP contribution in [0.15, 0.2) is 46.7 Å². The van der Waals surface area contributed by atoms with Crippen LogP contribution in [0.25, 0.3) is 0 Å². The van der Waals surface area contributed by atoms with Crippen LogP contribution in [-0.2, 0) is 21.2 Å². The van der Waals surface area contributed by atoms with E-state index in [1.807, 2.05) is 17.5 Å². The van der Waals surface area contributed by atoms with Gasteiger partial charge in [-0.3, -0.25) is 4.79 Å². The number of piperidine rings is 1. The fraction of sp³-hybridized carbons (Fsp3) is 0.353. The third-order valence-electron chi connectivity index (χ3n) is 4.01. The van der Waals surface area contributed by atoms with Crippen molar-refractivity contribution >= 4 is 33.0 Å². The molecule has 0 aliphatic carbocycles. The lowest BCUT2D eigenvalue weighted by atomic mass is 10.2. The van der Waals surface area contributed by atoms with Gasteiger partial charge in [-0.05, 0) is 36.4 Å². The highest BCUT2D eigenvalue weighted by Gasteiger charge is 2.28. The number of carbonyl (C=O) groups excluding carboxylic acids is 1. The van der Waals surface area contributed by atoms with E-state index in [2.05, 4.69) is 5.32 Å². The number of anilines is 1. The van der Waals surface area contributed by atoms with Crippen molar-refractivity contribution < 1.29 is 13.2 Å². The van der Waals surface area contributed by atoms with Crippen molar-refractivity contribution in [1.82, 2.24) is 4.31 Å². The predicted molar refractivity (Wildman–Crippen MR) is 95.7 cm³/mol. The van der Waals surface area contributed by atoms with Crippen molar-refractivity contribution in [3.8, 4) is 0 Å². The van der Waals surface area contributed by atoms with Gasteiger partial charge in [0.2, 0.25) is 15.9 Å². The molecule has 0 radical (unpaired) electrons. The van der Waals surface area contributed by atoms with E-state index in [1.165, 1.54) is 15.6 Å². The summed E-state index contributed by atoms with van der Waals surface area (Å²) in [5, 5.41) is 4.67. The Balaban J connectivity index is 1.81. The number of benzene rings is 1. The molecule has 0 unspecified atom stereocenters. The van der Waals surface area contributed by atoms with Crippen molar-refractivity contribution in [1.29, 1.82) is 0 Å². The first-order valence-corrected chi connectivity index (χ1v) is 10.3. The maximum Gasteiger partial charge on any atom is 0.245 e. The Bertz CT molecular complexity index is 795.